The van der Waals surface area contributed by atoms with E-state index in [9.17, 15) is 0 Å². The topological polar surface area (TPSA) is 30.8 Å². The molecule has 0 saturated carbocycles. The first-order valence-corrected chi connectivity index (χ1v) is 11.4. The summed E-state index contributed by atoms with van der Waals surface area (Å²) in [4.78, 5) is 4.54. The molecule has 5 rings (SSSR count). The van der Waals surface area contributed by atoms with E-state index in [4.69, 9.17) is 21.1 Å². The van der Waals surface area contributed by atoms with E-state index in [2.05, 4.69) is 29.3 Å². The molecule has 166 valence electrons. The van der Waals surface area contributed by atoms with Crippen LogP contribution in [0.15, 0.2) is 120 Å². The number of rotatable bonds is 7. The Morgan fingerprint density at radius 2 is 1.44 bits per heavy atom. The van der Waals surface area contributed by atoms with Gasteiger partial charge in [0.25, 0.3) is 0 Å². The zero-order chi connectivity index (χ0) is 23.2. The molecule has 4 heteroatoms. The highest BCUT2D eigenvalue weighted by molar-refractivity contribution is 6.32. The van der Waals surface area contributed by atoms with Crippen molar-refractivity contribution in [1.29, 1.82) is 0 Å². The van der Waals surface area contributed by atoms with Crippen LogP contribution in [0.1, 0.15) is 11.1 Å². The van der Waals surface area contributed by atoms with Gasteiger partial charge in [0.2, 0.25) is 0 Å². The van der Waals surface area contributed by atoms with Gasteiger partial charge >= 0.3 is 0 Å². The monoisotopic (exact) mass is 463 g/mol. The zero-order valence-electron chi connectivity index (χ0n) is 18.4. The third-order valence-corrected chi connectivity index (χ3v) is 5.69. The number of benzene rings is 5. The largest absolute Gasteiger partial charge is 0.487 e. The van der Waals surface area contributed by atoms with Gasteiger partial charge in [-0.15, -0.1) is 0 Å². The van der Waals surface area contributed by atoms with Crippen LogP contribution in [0.4, 0.5) is 5.69 Å². The Balaban J connectivity index is 1.23. The Bertz CT molecular complexity index is 1420. The molecule has 0 aromatic heterocycles. The second-order valence-corrected chi connectivity index (χ2v) is 8.19. The molecule has 0 aliphatic heterocycles. The molecule has 0 heterocycles. The van der Waals surface area contributed by atoms with Gasteiger partial charge in [-0.2, -0.15) is 0 Å². The van der Waals surface area contributed by atoms with Crippen molar-refractivity contribution in [2.45, 2.75) is 6.61 Å². The standard InChI is InChI=1S/C30H22ClNO2/c31-29-19-22(20-32-25-14-16-27(17-15-25)34-26-10-2-1-3-11-26)13-18-30(29)33-21-24-9-6-8-23-7-4-5-12-28(23)24/h1-20H,21H2. The molecule has 0 radical (unpaired) electrons. The average molecular weight is 464 g/mol. The summed E-state index contributed by atoms with van der Waals surface area (Å²) in [5.41, 5.74) is 2.85. The predicted octanol–water partition coefficient (Wildman–Crippen LogP) is 8.62. The Labute approximate surface area is 203 Å². The van der Waals surface area contributed by atoms with Gasteiger partial charge < -0.3 is 9.47 Å². The number of nitrogens with zero attached hydrogens (tertiary/aromatic N) is 1. The SMILES string of the molecule is Clc1cc(C=Nc2ccc(Oc3ccccc3)cc2)ccc1OCc1cccc2ccccc12. The number of halogens is 1. The molecular weight excluding hydrogens is 442 g/mol. The average Bonchev–Trinajstić information content (AvgIpc) is 2.88. The highest BCUT2D eigenvalue weighted by atomic mass is 35.5. The molecule has 0 atom stereocenters. The number of fused-ring (bicyclic) bond motifs is 1. The highest BCUT2D eigenvalue weighted by Crippen LogP contribution is 2.28. The summed E-state index contributed by atoms with van der Waals surface area (Å²) >= 11 is 6.49. The van der Waals surface area contributed by atoms with Crippen molar-refractivity contribution in [1.82, 2.24) is 0 Å². The van der Waals surface area contributed by atoms with E-state index in [-0.39, 0.29) is 0 Å². The fourth-order valence-corrected chi connectivity index (χ4v) is 3.91. The van der Waals surface area contributed by atoms with Crippen LogP contribution in [0.3, 0.4) is 0 Å². The van der Waals surface area contributed by atoms with Gasteiger partial charge in [-0.25, -0.2) is 0 Å². The fourth-order valence-electron chi connectivity index (χ4n) is 3.66. The zero-order valence-corrected chi connectivity index (χ0v) is 19.2. The predicted molar refractivity (Wildman–Crippen MR) is 140 cm³/mol. The van der Waals surface area contributed by atoms with Gasteiger partial charge in [-0.1, -0.05) is 72.3 Å². The summed E-state index contributed by atoms with van der Waals surface area (Å²) in [6.45, 7) is 0.450. The van der Waals surface area contributed by atoms with Crippen molar-refractivity contribution in [3.63, 3.8) is 0 Å². The van der Waals surface area contributed by atoms with E-state index in [0.717, 1.165) is 28.3 Å². The van der Waals surface area contributed by atoms with Crippen LogP contribution in [0, 0.1) is 0 Å². The van der Waals surface area contributed by atoms with Gasteiger partial charge in [0.05, 0.1) is 10.7 Å². The number of para-hydroxylation sites is 1. The quantitative estimate of drug-likeness (QED) is 0.226. The smallest absolute Gasteiger partial charge is 0.138 e. The highest BCUT2D eigenvalue weighted by Gasteiger charge is 2.06. The molecular formula is C30H22ClNO2. The third kappa shape index (κ3) is 5.28. The van der Waals surface area contributed by atoms with E-state index >= 15 is 0 Å². The maximum atomic E-state index is 6.49. The summed E-state index contributed by atoms with van der Waals surface area (Å²) in [5, 5.41) is 2.93. The van der Waals surface area contributed by atoms with Crippen LogP contribution in [-0.4, -0.2) is 6.21 Å². The molecule has 3 nitrogen and oxygen atoms in total. The number of aliphatic imine (C=N–C) groups is 1. The van der Waals surface area contributed by atoms with Crippen molar-refractivity contribution in [2.24, 2.45) is 4.99 Å². The van der Waals surface area contributed by atoms with Gasteiger partial charge in [-0.3, -0.25) is 4.99 Å². The van der Waals surface area contributed by atoms with Crippen molar-refractivity contribution < 1.29 is 9.47 Å². The molecule has 0 spiro atoms. The molecule has 0 N–H and O–H groups in total. The van der Waals surface area contributed by atoms with Crippen LogP contribution >= 0.6 is 11.6 Å². The van der Waals surface area contributed by atoms with Crippen LogP contribution in [0.5, 0.6) is 17.2 Å². The lowest BCUT2D eigenvalue weighted by Crippen LogP contribution is -1.97. The second-order valence-electron chi connectivity index (χ2n) is 7.78. The molecule has 0 saturated heterocycles. The summed E-state index contributed by atoms with van der Waals surface area (Å²) in [7, 11) is 0. The lowest BCUT2D eigenvalue weighted by atomic mass is 10.1. The van der Waals surface area contributed by atoms with E-state index < -0.39 is 0 Å². The lowest BCUT2D eigenvalue weighted by molar-refractivity contribution is 0.308. The Kier molecular flexibility index (Phi) is 6.55. The van der Waals surface area contributed by atoms with Gasteiger partial charge in [0.15, 0.2) is 0 Å². The summed E-state index contributed by atoms with van der Waals surface area (Å²) in [6, 6.07) is 37.5. The first-order valence-electron chi connectivity index (χ1n) is 11.0. The van der Waals surface area contributed by atoms with Crippen molar-refractivity contribution >= 4 is 34.3 Å². The van der Waals surface area contributed by atoms with E-state index in [1.54, 1.807) is 6.21 Å². The van der Waals surface area contributed by atoms with Gasteiger partial charge in [0, 0.05) is 6.21 Å². The molecule has 5 aromatic carbocycles. The molecule has 0 bridgehead atoms. The van der Waals surface area contributed by atoms with Crippen molar-refractivity contribution in [3.8, 4) is 17.2 Å². The van der Waals surface area contributed by atoms with Crippen molar-refractivity contribution in [2.75, 3.05) is 0 Å². The number of hydrogen-bond acceptors (Lipinski definition) is 3. The van der Waals surface area contributed by atoms with Gasteiger partial charge in [-0.05, 0) is 76.5 Å². The van der Waals surface area contributed by atoms with Crippen LogP contribution < -0.4 is 9.47 Å². The molecule has 5 aromatic rings. The maximum absolute atomic E-state index is 6.49. The Hall–Kier alpha value is -4.08. The Morgan fingerprint density at radius 1 is 0.706 bits per heavy atom. The maximum Gasteiger partial charge on any atom is 0.138 e. The minimum absolute atomic E-state index is 0.450. The number of ether oxygens (including phenoxy) is 2. The first kappa shape index (κ1) is 21.7. The molecule has 34 heavy (non-hydrogen) atoms. The molecule has 0 fully saturated rings. The third-order valence-electron chi connectivity index (χ3n) is 5.40. The minimum atomic E-state index is 0.450. The Morgan fingerprint density at radius 3 is 2.26 bits per heavy atom. The van der Waals surface area contributed by atoms with E-state index in [1.807, 2.05) is 91.0 Å². The summed E-state index contributed by atoms with van der Waals surface area (Å²) < 4.78 is 11.8. The van der Waals surface area contributed by atoms with Crippen LogP contribution in [0.25, 0.3) is 10.8 Å². The van der Waals surface area contributed by atoms with E-state index in [0.29, 0.717) is 17.4 Å². The second kappa shape index (κ2) is 10.2. The molecule has 0 aliphatic rings. The van der Waals surface area contributed by atoms with Crippen LogP contribution in [0.2, 0.25) is 5.02 Å². The summed E-state index contributed by atoms with van der Waals surface area (Å²) in [6.07, 6.45) is 1.79. The number of hydrogen-bond donors (Lipinski definition) is 0. The van der Waals surface area contributed by atoms with Gasteiger partial charge in [0.1, 0.15) is 23.9 Å². The summed E-state index contributed by atoms with van der Waals surface area (Å²) in [5.74, 6) is 2.21. The molecule has 0 amide bonds. The molecule has 0 aliphatic carbocycles. The lowest BCUT2D eigenvalue weighted by Gasteiger charge is -2.11. The normalized spacial score (nSPS) is 11.1. The molecule has 0 unspecified atom stereocenters. The van der Waals surface area contributed by atoms with Crippen molar-refractivity contribution in [3.05, 3.63) is 131 Å². The fraction of sp³-hybridized carbons (Fsp3) is 0.0333. The first-order chi connectivity index (χ1) is 16.7. The minimum Gasteiger partial charge on any atom is -0.487 e. The van der Waals surface area contributed by atoms with E-state index in [1.165, 1.54) is 10.8 Å². The van der Waals surface area contributed by atoms with Crippen LogP contribution in [-0.2, 0) is 6.61 Å².